The van der Waals surface area contributed by atoms with Crippen LogP contribution >= 0.6 is 0 Å². The molecular formula is C22H34N2O5. The summed E-state index contributed by atoms with van der Waals surface area (Å²) in [5, 5.41) is 2.76. The van der Waals surface area contributed by atoms with Crippen LogP contribution in [-0.2, 0) is 25.5 Å². The lowest BCUT2D eigenvalue weighted by atomic mass is 10.0. The van der Waals surface area contributed by atoms with Crippen molar-refractivity contribution < 1.29 is 23.9 Å². The summed E-state index contributed by atoms with van der Waals surface area (Å²) in [6.07, 6.45) is 0.122. The average Bonchev–Trinajstić information content (AvgIpc) is 2.63. The molecule has 29 heavy (non-hydrogen) atoms. The van der Waals surface area contributed by atoms with E-state index in [4.69, 9.17) is 9.47 Å². The van der Waals surface area contributed by atoms with E-state index >= 15 is 0 Å². The Kier molecular flexibility index (Phi) is 9.14. The number of hydrogen-bond acceptors (Lipinski definition) is 5. The Labute approximate surface area is 173 Å². The maximum Gasteiger partial charge on any atom is 0.410 e. The van der Waals surface area contributed by atoms with E-state index in [-0.39, 0.29) is 12.3 Å². The van der Waals surface area contributed by atoms with Gasteiger partial charge in [-0.15, -0.1) is 0 Å². The number of nitrogens with zero attached hydrogens (tertiary/aromatic N) is 1. The highest BCUT2D eigenvalue weighted by Gasteiger charge is 2.33. The van der Waals surface area contributed by atoms with Gasteiger partial charge in [0.2, 0.25) is 5.91 Å². The third kappa shape index (κ3) is 8.54. The van der Waals surface area contributed by atoms with Gasteiger partial charge in [-0.2, -0.15) is 0 Å². The number of carbonyl (C=O) groups excluding carboxylic acids is 3. The molecule has 0 aliphatic rings. The van der Waals surface area contributed by atoms with Crippen LogP contribution in [0.4, 0.5) is 4.79 Å². The monoisotopic (exact) mass is 406 g/mol. The molecule has 0 heterocycles. The van der Waals surface area contributed by atoms with Gasteiger partial charge >= 0.3 is 12.1 Å². The van der Waals surface area contributed by atoms with Gasteiger partial charge in [-0.25, -0.2) is 9.59 Å². The summed E-state index contributed by atoms with van der Waals surface area (Å²) in [6, 6.07) is 7.77. The quantitative estimate of drug-likeness (QED) is 0.670. The van der Waals surface area contributed by atoms with Crippen LogP contribution < -0.4 is 5.32 Å². The van der Waals surface area contributed by atoms with Crippen LogP contribution in [0, 0.1) is 5.92 Å². The molecule has 0 saturated carbocycles. The highest BCUT2D eigenvalue weighted by Crippen LogP contribution is 2.15. The second-order valence-corrected chi connectivity index (χ2v) is 8.51. The number of nitrogens with one attached hydrogen (secondary N) is 1. The zero-order valence-electron chi connectivity index (χ0n) is 18.5. The van der Waals surface area contributed by atoms with Crippen molar-refractivity contribution in [2.75, 3.05) is 14.2 Å². The molecule has 7 nitrogen and oxygen atoms in total. The first-order valence-corrected chi connectivity index (χ1v) is 9.82. The molecule has 1 N–H and O–H groups in total. The van der Waals surface area contributed by atoms with Gasteiger partial charge in [0.05, 0.1) is 7.11 Å². The fourth-order valence-electron chi connectivity index (χ4n) is 2.80. The van der Waals surface area contributed by atoms with Crippen molar-refractivity contribution in [2.24, 2.45) is 5.92 Å². The van der Waals surface area contributed by atoms with E-state index in [0.29, 0.717) is 6.42 Å². The molecule has 0 radical (unpaired) electrons. The molecule has 1 rings (SSSR count). The van der Waals surface area contributed by atoms with Gasteiger partial charge in [-0.05, 0) is 38.7 Å². The fraction of sp³-hybridized carbons (Fsp3) is 0.591. The van der Waals surface area contributed by atoms with E-state index in [9.17, 15) is 14.4 Å². The van der Waals surface area contributed by atoms with Gasteiger partial charge in [0.1, 0.15) is 17.7 Å². The summed E-state index contributed by atoms with van der Waals surface area (Å²) in [6.45, 7) is 9.20. The molecule has 1 aromatic carbocycles. The van der Waals surface area contributed by atoms with Gasteiger partial charge in [0.25, 0.3) is 0 Å². The zero-order chi connectivity index (χ0) is 22.2. The molecule has 2 amide bonds. The first kappa shape index (κ1) is 24.5. The third-order valence-corrected chi connectivity index (χ3v) is 4.23. The van der Waals surface area contributed by atoms with Crippen molar-refractivity contribution in [3.63, 3.8) is 0 Å². The van der Waals surface area contributed by atoms with Crippen LogP contribution in [0.15, 0.2) is 30.3 Å². The molecule has 0 aliphatic heterocycles. The second kappa shape index (κ2) is 10.8. The van der Waals surface area contributed by atoms with Crippen LogP contribution in [0.2, 0.25) is 0 Å². The molecule has 0 bridgehead atoms. The Morgan fingerprint density at radius 1 is 1.10 bits per heavy atom. The number of methoxy groups -OCH3 is 1. The van der Waals surface area contributed by atoms with E-state index in [0.717, 1.165) is 5.56 Å². The van der Waals surface area contributed by atoms with Gasteiger partial charge < -0.3 is 14.8 Å². The van der Waals surface area contributed by atoms with Crippen molar-refractivity contribution in [1.82, 2.24) is 10.2 Å². The highest BCUT2D eigenvalue weighted by atomic mass is 16.6. The topological polar surface area (TPSA) is 84.9 Å². The van der Waals surface area contributed by atoms with E-state index in [1.54, 1.807) is 20.8 Å². The minimum atomic E-state index is -0.841. The largest absolute Gasteiger partial charge is 0.467 e. The standard InChI is InChI=1S/C22H34N2O5/c1-15(2)13-17(20(26)28-7)23-19(25)18(14-16-11-9-8-10-12-16)24(6)21(27)29-22(3,4)5/h8-12,15,17-18H,13-14H2,1-7H3,(H,23,25)/t17-,18-/m0/s1. The number of ether oxygens (including phenoxy) is 2. The van der Waals surface area contributed by atoms with Gasteiger partial charge in [-0.1, -0.05) is 44.2 Å². The Morgan fingerprint density at radius 3 is 2.17 bits per heavy atom. The number of benzene rings is 1. The number of amides is 2. The summed E-state index contributed by atoms with van der Waals surface area (Å²) in [5.74, 6) is -0.765. The molecule has 0 fully saturated rings. The van der Waals surface area contributed by atoms with Crippen LogP contribution in [0.3, 0.4) is 0 Å². The number of esters is 1. The Morgan fingerprint density at radius 2 is 1.69 bits per heavy atom. The van der Waals surface area contributed by atoms with Gasteiger partial charge in [-0.3, -0.25) is 9.69 Å². The molecule has 0 aromatic heterocycles. The fourth-order valence-corrected chi connectivity index (χ4v) is 2.80. The van der Waals surface area contributed by atoms with Crippen LogP contribution in [0.1, 0.15) is 46.6 Å². The first-order chi connectivity index (χ1) is 13.4. The zero-order valence-corrected chi connectivity index (χ0v) is 18.5. The maximum absolute atomic E-state index is 13.1. The lowest BCUT2D eigenvalue weighted by Crippen LogP contribution is -2.54. The average molecular weight is 407 g/mol. The van der Waals surface area contributed by atoms with Crippen LogP contribution in [-0.4, -0.2) is 54.7 Å². The molecule has 0 saturated heterocycles. The second-order valence-electron chi connectivity index (χ2n) is 8.51. The minimum Gasteiger partial charge on any atom is -0.467 e. The van der Waals surface area contributed by atoms with Gasteiger partial charge in [0, 0.05) is 13.5 Å². The normalized spacial score (nSPS) is 13.4. The van der Waals surface area contributed by atoms with E-state index in [1.807, 2.05) is 44.2 Å². The molecule has 0 aliphatic carbocycles. The summed E-state index contributed by atoms with van der Waals surface area (Å²) in [5.41, 5.74) is 0.201. The van der Waals surface area contributed by atoms with E-state index in [1.165, 1.54) is 19.1 Å². The molecule has 0 unspecified atom stereocenters. The number of carbonyl (C=O) groups is 3. The minimum absolute atomic E-state index is 0.176. The molecule has 1 aromatic rings. The molecule has 7 heteroatoms. The van der Waals surface area contributed by atoms with Crippen molar-refractivity contribution in [3.8, 4) is 0 Å². The number of hydrogen-bond donors (Lipinski definition) is 1. The number of likely N-dealkylation sites (N-methyl/N-ethyl adjacent to an activating group) is 1. The predicted octanol–water partition coefficient (Wildman–Crippen LogP) is 3.17. The molecule has 2 atom stereocenters. The third-order valence-electron chi connectivity index (χ3n) is 4.23. The van der Waals surface area contributed by atoms with E-state index in [2.05, 4.69) is 5.32 Å². The summed E-state index contributed by atoms with van der Waals surface area (Å²) in [7, 11) is 2.81. The van der Waals surface area contributed by atoms with Gasteiger partial charge in [0.15, 0.2) is 0 Å². The maximum atomic E-state index is 13.1. The van der Waals surface area contributed by atoms with Crippen molar-refractivity contribution in [3.05, 3.63) is 35.9 Å². The Bertz CT molecular complexity index is 682. The lowest BCUT2D eigenvalue weighted by molar-refractivity contribution is -0.146. The van der Waals surface area contributed by atoms with Crippen LogP contribution in [0.25, 0.3) is 0 Å². The lowest BCUT2D eigenvalue weighted by Gasteiger charge is -2.31. The Hall–Kier alpha value is -2.57. The molecule has 0 spiro atoms. The van der Waals surface area contributed by atoms with Crippen molar-refractivity contribution in [2.45, 2.75) is 65.1 Å². The first-order valence-electron chi connectivity index (χ1n) is 9.82. The summed E-state index contributed by atoms with van der Waals surface area (Å²) in [4.78, 5) is 39.1. The molecule has 162 valence electrons. The highest BCUT2D eigenvalue weighted by molar-refractivity contribution is 5.89. The Balaban J connectivity index is 3.09. The van der Waals surface area contributed by atoms with Crippen LogP contribution in [0.5, 0.6) is 0 Å². The van der Waals surface area contributed by atoms with Crippen molar-refractivity contribution >= 4 is 18.0 Å². The van der Waals surface area contributed by atoms with E-state index < -0.39 is 35.7 Å². The smallest absolute Gasteiger partial charge is 0.410 e. The molecular weight excluding hydrogens is 372 g/mol. The number of rotatable bonds is 8. The summed E-state index contributed by atoms with van der Waals surface area (Å²) >= 11 is 0. The SMILES string of the molecule is COC(=O)[C@H](CC(C)C)NC(=O)[C@H](Cc1ccccc1)N(C)C(=O)OC(C)(C)C. The summed E-state index contributed by atoms with van der Waals surface area (Å²) < 4.78 is 10.2. The van der Waals surface area contributed by atoms with Crippen molar-refractivity contribution in [1.29, 1.82) is 0 Å². The predicted molar refractivity (Wildman–Crippen MR) is 111 cm³/mol.